The van der Waals surface area contributed by atoms with Crippen LogP contribution in [0.15, 0.2) is 18.2 Å². The van der Waals surface area contributed by atoms with Crippen LogP contribution >= 0.6 is 15.9 Å². The zero-order valence-corrected chi connectivity index (χ0v) is 8.64. The summed E-state index contributed by atoms with van der Waals surface area (Å²) < 4.78 is 12.8. The fourth-order valence-electron chi connectivity index (χ4n) is 0.883. The van der Waals surface area contributed by atoms with Crippen LogP contribution in [0.1, 0.15) is 5.56 Å². The van der Waals surface area contributed by atoms with E-state index in [1.807, 2.05) is 0 Å². The van der Waals surface area contributed by atoms with E-state index in [9.17, 15) is 9.18 Å². The third kappa shape index (κ3) is 2.54. The number of alkyl halides is 1. The number of rotatable bonds is 2. The van der Waals surface area contributed by atoms with Crippen LogP contribution in [0.3, 0.4) is 0 Å². The van der Waals surface area contributed by atoms with Gasteiger partial charge >= 0.3 is 0 Å². The zero-order valence-electron chi connectivity index (χ0n) is 7.05. The summed E-state index contributed by atoms with van der Waals surface area (Å²) >= 11 is 2.97. The lowest BCUT2D eigenvalue weighted by Gasteiger charge is -2.02. The predicted octanol–water partition coefficient (Wildman–Crippen LogP) is 2.03. The lowest BCUT2D eigenvalue weighted by atomic mass is 10.2. The van der Waals surface area contributed by atoms with E-state index in [0.29, 0.717) is 5.69 Å². The topological polar surface area (TPSA) is 52.9 Å². The number of carbonyl (C=O) groups is 1. The fourth-order valence-corrected chi connectivity index (χ4v) is 1.02. The second-order valence-electron chi connectivity index (χ2n) is 2.49. The van der Waals surface area contributed by atoms with Crippen LogP contribution < -0.4 is 5.32 Å². The largest absolute Gasteiger partial charge is 0.325 e. The molecule has 0 aliphatic rings. The van der Waals surface area contributed by atoms with Crippen molar-refractivity contribution in [2.24, 2.45) is 0 Å². The molecule has 0 radical (unpaired) electrons. The molecule has 0 aliphatic heterocycles. The van der Waals surface area contributed by atoms with E-state index in [1.165, 1.54) is 12.1 Å². The highest BCUT2D eigenvalue weighted by molar-refractivity contribution is 9.09. The van der Waals surface area contributed by atoms with Gasteiger partial charge in [0.05, 0.1) is 10.9 Å². The molecular weight excluding hydrogens is 251 g/mol. The van der Waals surface area contributed by atoms with Crippen molar-refractivity contribution in [2.45, 2.75) is 0 Å². The molecule has 0 aliphatic carbocycles. The Kier molecular flexibility index (Phi) is 3.60. The van der Waals surface area contributed by atoms with Crippen LogP contribution in [-0.4, -0.2) is 11.2 Å². The van der Waals surface area contributed by atoms with Crippen molar-refractivity contribution < 1.29 is 9.18 Å². The van der Waals surface area contributed by atoms with Crippen LogP contribution in [0, 0.1) is 17.1 Å². The van der Waals surface area contributed by atoms with Gasteiger partial charge in [0.1, 0.15) is 11.9 Å². The van der Waals surface area contributed by atoms with E-state index in [-0.39, 0.29) is 16.8 Å². The van der Waals surface area contributed by atoms with Crippen LogP contribution in [-0.2, 0) is 4.79 Å². The first-order valence-corrected chi connectivity index (χ1v) is 4.85. The Morgan fingerprint density at radius 2 is 2.36 bits per heavy atom. The van der Waals surface area contributed by atoms with Gasteiger partial charge in [-0.1, -0.05) is 15.9 Å². The SMILES string of the molecule is N#Cc1cc(NC(=O)CBr)ccc1F. The van der Waals surface area contributed by atoms with Crippen molar-refractivity contribution in [1.29, 1.82) is 5.26 Å². The summed E-state index contributed by atoms with van der Waals surface area (Å²) in [5, 5.41) is 11.2. The van der Waals surface area contributed by atoms with Crippen molar-refractivity contribution >= 4 is 27.5 Å². The number of nitriles is 1. The highest BCUT2D eigenvalue weighted by Crippen LogP contribution is 2.13. The molecule has 1 rings (SSSR count). The van der Waals surface area contributed by atoms with Gasteiger partial charge in [0, 0.05) is 5.69 Å². The summed E-state index contributed by atoms with van der Waals surface area (Å²) in [6.07, 6.45) is 0. The Morgan fingerprint density at radius 1 is 1.64 bits per heavy atom. The molecule has 0 fully saturated rings. The van der Waals surface area contributed by atoms with Gasteiger partial charge in [-0.25, -0.2) is 4.39 Å². The van der Waals surface area contributed by atoms with E-state index >= 15 is 0 Å². The van der Waals surface area contributed by atoms with Gasteiger partial charge in [0.25, 0.3) is 0 Å². The summed E-state index contributed by atoms with van der Waals surface area (Å²) in [7, 11) is 0. The lowest BCUT2D eigenvalue weighted by Crippen LogP contribution is -2.12. The first-order chi connectivity index (χ1) is 6.67. The van der Waals surface area contributed by atoms with Crippen molar-refractivity contribution in [1.82, 2.24) is 0 Å². The van der Waals surface area contributed by atoms with E-state index in [2.05, 4.69) is 21.2 Å². The Labute approximate surface area is 88.7 Å². The Bertz CT molecular complexity index is 400. The smallest absolute Gasteiger partial charge is 0.235 e. The molecule has 0 heterocycles. The maximum Gasteiger partial charge on any atom is 0.235 e. The van der Waals surface area contributed by atoms with Gasteiger partial charge in [-0.15, -0.1) is 0 Å². The standard InChI is InChI=1S/C9H6BrFN2O/c10-4-9(14)13-7-1-2-8(11)6(3-7)5-12/h1-3H,4H2,(H,13,14). The molecule has 0 unspecified atom stereocenters. The second-order valence-corrected chi connectivity index (χ2v) is 3.05. The number of hydrogen-bond donors (Lipinski definition) is 1. The second kappa shape index (κ2) is 4.72. The molecule has 1 aromatic carbocycles. The third-order valence-corrected chi connectivity index (χ3v) is 2.00. The minimum Gasteiger partial charge on any atom is -0.325 e. The van der Waals surface area contributed by atoms with Gasteiger partial charge < -0.3 is 5.32 Å². The predicted molar refractivity (Wildman–Crippen MR) is 53.5 cm³/mol. The monoisotopic (exact) mass is 256 g/mol. The van der Waals surface area contributed by atoms with Gasteiger partial charge in [-0.05, 0) is 18.2 Å². The maximum atomic E-state index is 12.8. The molecule has 0 spiro atoms. The van der Waals surface area contributed by atoms with E-state index in [1.54, 1.807) is 6.07 Å². The first kappa shape index (κ1) is 10.7. The number of carbonyl (C=O) groups excluding carboxylic acids is 1. The molecule has 5 heteroatoms. The summed E-state index contributed by atoms with van der Waals surface area (Å²) in [6, 6.07) is 5.52. The third-order valence-electron chi connectivity index (χ3n) is 1.49. The average molecular weight is 257 g/mol. The molecule has 3 nitrogen and oxygen atoms in total. The molecule has 0 bridgehead atoms. The molecule has 72 valence electrons. The van der Waals surface area contributed by atoms with Crippen molar-refractivity contribution in [3.8, 4) is 6.07 Å². The number of nitrogens with one attached hydrogen (secondary N) is 1. The number of benzene rings is 1. The van der Waals surface area contributed by atoms with Crippen LogP contribution in [0.5, 0.6) is 0 Å². The molecule has 0 aromatic heterocycles. The van der Waals surface area contributed by atoms with Gasteiger partial charge in [0.2, 0.25) is 5.91 Å². The van der Waals surface area contributed by atoms with E-state index in [4.69, 9.17) is 5.26 Å². The molecule has 0 saturated heterocycles. The lowest BCUT2D eigenvalue weighted by molar-refractivity contribution is -0.113. The highest BCUT2D eigenvalue weighted by atomic mass is 79.9. The van der Waals surface area contributed by atoms with Crippen LogP contribution in [0.25, 0.3) is 0 Å². The van der Waals surface area contributed by atoms with Crippen molar-refractivity contribution in [3.05, 3.63) is 29.6 Å². The van der Waals surface area contributed by atoms with E-state index < -0.39 is 5.82 Å². The molecule has 0 saturated carbocycles. The molecule has 1 N–H and O–H groups in total. The fraction of sp³-hybridized carbons (Fsp3) is 0.111. The molecule has 1 amide bonds. The van der Waals surface area contributed by atoms with Crippen molar-refractivity contribution in [2.75, 3.05) is 10.6 Å². The number of nitrogens with zero attached hydrogens (tertiary/aromatic N) is 1. The first-order valence-electron chi connectivity index (χ1n) is 3.73. The highest BCUT2D eigenvalue weighted by Gasteiger charge is 2.04. The summed E-state index contributed by atoms with van der Waals surface area (Å²) in [5.74, 6) is -0.843. The van der Waals surface area contributed by atoms with Crippen LogP contribution in [0.2, 0.25) is 0 Å². The molecule has 14 heavy (non-hydrogen) atoms. The molecule has 0 atom stereocenters. The minimum absolute atomic E-state index is 0.0858. The Hall–Kier alpha value is -1.41. The minimum atomic E-state index is -0.593. The van der Waals surface area contributed by atoms with E-state index in [0.717, 1.165) is 6.07 Å². The van der Waals surface area contributed by atoms with Gasteiger partial charge in [0.15, 0.2) is 0 Å². The maximum absolute atomic E-state index is 12.8. The zero-order chi connectivity index (χ0) is 10.6. The number of amides is 1. The van der Waals surface area contributed by atoms with Crippen molar-refractivity contribution in [3.63, 3.8) is 0 Å². The normalized spacial score (nSPS) is 9.21. The Morgan fingerprint density at radius 3 is 2.93 bits per heavy atom. The van der Waals surface area contributed by atoms with Crippen LogP contribution in [0.4, 0.5) is 10.1 Å². The summed E-state index contributed by atoms with van der Waals surface area (Å²) in [5.41, 5.74) is 0.324. The Balaban J connectivity index is 2.91. The number of hydrogen-bond acceptors (Lipinski definition) is 2. The number of anilines is 1. The molecular formula is C9H6BrFN2O. The summed E-state index contributed by atoms with van der Waals surface area (Å²) in [6.45, 7) is 0. The van der Waals surface area contributed by atoms with Gasteiger partial charge in [-0.3, -0.25) is 4.79 Å². The number of halogens is 2. The average Bonchev–Trinajstić information content (AvgIpc) is 2.20. The van der Waals surface area contributed by atoms with Gasteiger partial charge in [-0.2, -0.15) is 5.26 Å². The summed E-state index contributed by atoms with van der Waals surface area (Å²) in [4.78, 5) is 10.9. The molecule has 1 aromatic rings. The quantitative estimate of drug-likeness (QED) is 0.824.